The molecule has 11 heteroatoms. The highest BCUT2D eigenvalue weighted by atomic mass is 35.5. The van der Waals surface area contributed by atoms with Crippen LogP contribution in [0, 0.1) is 0 Å². The number of aromatic nitrogens is 1. The number of carbonyl (C=O) groups excluding carboxylic acids is 1. The predicted molar refractivity (Wildman–Crippen MR) is 143 cm³/mol. The summed E-state index contributed by atoms with van der Waals surface area (Å²) in [6.45, 7) is 4.62. The molecule has 0 amide bonds. The van der Waals surface area contributed by atoms with E-state index in [2.05, 4.69) is 4.99 Å². The Morgan fingerprint density at radius 1 is 1.08 bits per heavy atom. The zero-order chi connectivity index (χ0) is 26.7. The molecular weight excluding hydrogens is 539 g/mol. The molecule has 0 saturated carbocycles. The highest BCUT2D eigenvalue weighted by Gasteiger charge is 2.31. The Morgan fingerprint density at radius 2 is 1.76 bits per heavy atom. The molecule has 8 nitrogen and oxygen atoms in total. The van der Waals surface area contributed by atoms with Crippen LogP contribution in [0.15, 0.2) is 51.9 Å². The molecule has 0 aliphatic carbocycles. The van der Waals surface area contributed by atoms with Gasteiger partial charge in [0.05, 0.1) is 53.6 Å². The Bertz CT molecular complexity index is 1540. The average molecular weight is 563 g/mol. The Labute approximate surface area is 227 Å². The number of esters is 1. The van der Waals surface area contributed by atoms with Crippen molar-refractivity contribution < 1.29 is 23.7 Å². The number of thiazole rings is 1. The van der Waals surface area contributed by atoms with Crippen molar-refractivity contribution in [2.75, 3.05) is 27.4 Å². The van der Waals surface area contributed by atoms with Gasteiger partial charge in [-0.15, -0.1) is 0 Å². The summed E-state index contributed by atoms with van der Waals surface area (Å²) in [6, 6.07) is 7.84. The van der Waals surface area contributed by atoms with Crippen LogP contribution in [-0.4, -0.2) is 38.0 Å². The SMILES string of the molecule is CCOc1ccc([C@H]2C(C(=O)OC)=CN=c3s/c(=C\c4cc(Cl)c(OC)c(Cl)c4)c(=O)n32)cc1OCC. The van der Waals surface area contributed by atoms with E-state index in [-0.39, 0.29) is 11.1 Å². The van der Waals surface area contributed by atoms with Crippen molar-refractivity contribution in [2.24, 2.45) is 4.99 Å². The lowest BCUT2D eigenvalue weighted by atomic mass is 9.97. The lowest BCUT2D eigenvalue weighted by Crippen LogP contribution is -2.39. The van der Waals surface area contributed by atoms with Crippen LogP contribution in [0.3, 0.4) is 0 Å². The maximum absolute atomic E-state index is 13.7. The van der Waals surface area contributed by atoms with Crippen molar-refractivity contribution in [2.45, 2.75) is 19.9 Å². The number of halogens is 2. The molecule has 0 spiro atoms. The normalized spacial score (nSPS) is 14.9. The summed E-state index contributed by atoms with van der Waals surface area (Å²) >= 11 is 13.7. The Morgan fingerprint density at radius 3 is 2.38 bits per heavy atom. The molecule has 0 bridgehead atoms. The minimum Gasteiger partial charge on any atom is -0.494 e. The molecule has 1 aromatic heterocycles. The van der Waals surface area contributed by atoms with Crippen LogP contribution in [0.4, 0.5) is 0 Å². The number of nitrogens with zero attached hydrogens (tertiary/aromatic N) is 2. The molecule has 4 rings (SSSR count). The fourth-order valence-corrected chi connectivity index (χ4v) is 5.62. The predicted octanol–water partition coefficient (Wildman–Crippen LogP) is 4.13. The van der Waals surface area contributed by atoms with Crippen molar-refractivity contribution in [1.82, 2.24) is 4.57 Å². The topological polar surface area (TPSA) is 88.4 Å². The number of carbonyl (C=O) groups is 1. The van der Waals surface area contributed by atoms with Crippen LogP contribution in [0.5, 0.6) is 17.2 Å². The van der Waals surface area contributed by atoms with Gasteiger partial charge in [-0.1, -0.05) is 40.6 Å². The molecule has 0 fully saturated rings. The van der Waals surface area contributed by atoms with Crippen molar-refractivity contribution in [3.8, 4) is 17.2 Å². The zero-order valence-electron chi connectivity index (χ0n) is 20.5. The number of rotatable bonds is 8. The minimum absolute atomic E-state index is 0.212. The van der Waals surface area contributed by atoms with Gasteiger partial charge in [0, 0.05) is 6.20 Å². The van der Waals surface area contributed by atoms with E-state index in [1.165, 1.54) is 36.3 Å². The Hall–Kier alpha value is -3.27. The third-order valence-corrected chi connectivity index (χ3v) is 7.09. The molecule has 0 unspecified atom stereocenters. The van der Waals surface area contributed by atoms with Crippen LogP contribution in [0.1, 0.15) is 31.0 Å². The lowest BCUT2D eigenvalue weighted by molar-refractivity contribution is -0.136. The van der Waals surface area contributed by atoms with Crippen LogP contribution < -0.4 is 29.1 Å². The molecular formula is C26H24Cl2N2O6S. The number of benzene rings is 2. The van der Waals surface area contributed by atoms with Crippen molar-refractivity contribution >= 4 is 46.6 Å². The highest BCUT2D eigenvalue weighted by Crippen LogP contribution is 2.36. The molecule has 194 valence electrons. The molecule has 2 heterocycles. The quantitative estimate of drug-likeness (QED) is 0.383. The number of hydrogen-bond donors (Lipinski definition) is 0. The average Bonchev–Trinajstić information content (AvgIpc) is 3.19. The minimum atomic E-state index is -0.788. The molecule has 0 saturated heterocycles. The van der Waals surface area contributed by atoms with E-state index in [1.54, 1.807) is 36.4 Å². The van der Waals surface area contributed by atoms with Gasteiger partial charge in [-0.3, -0.25) is 9.36 Å². The third-order valence-electron chi connectivity index (χ3n) is 5.53. The molecule has 1 aliphatic rings. The van der Waals surface area contributed by atoms with Gasteiger partial charge in [0.25, 0.3) is 5.56 Å². The monoisotopic (exact) mass is 562 g/mol. The molecule has 1 aliphatic heterocycles. The molecule has 0 radical (unpaired) electrons. The summed E-state index contributed by atoms with van der Waals surface area (Å²) in [5.74, 6) is 0.832. The van der Waals surface area contributed by atoms with Gasteiger partial charge < -0.3 is 18.9 Å². The first kappa shape index (κ1) is 26.8. The van der Waals surface area contributed by atoms with Crippen LogP contribution in [-0.2, 0) is 9.53 Å². The van der Waals surface area contributed by atoms with Gasteiger partial charge in [-0.05, 0) is 55.3 Å². The summed E-state index contributed by atoms with van der Waals surface area (Å²) in [4.78, 5) is 31.2. The number of hydrogen-bond acceptors (Lipinski definition) is 8. The fraction of sp³-hybridized carbons (Fsp3) is 0.269. The molecule has 3 aromatic rings. The van der Waals surface area contributed by atoms with E-state index in [0.717, 1.165) is 0 Å². The zero-order valence-corrected chi connectivity index (χ0v) is 22.9. The second-order valence-corrected chi connectivity index (χ2v) is 9.59. The standard InChI is InChI=1S/C26H24Cl2N2O6S/c1-5-35-19-8-7-15(12-20(19)36-6-2)22-16(25(32)34-4)13-29-26-30(22)24(31)21(37-26)11-14-9-17(27)23(33-3)18(28)10-14/h7-13,22H,5-6H2,1-4H3/b21-11-/t22-/m0/s1. The first-order valence-electron chi connectivity index (χ1n) is 11.3. The van der Waals surface area contributed by atoms with Gasteiger partial charge in [0.15, 0.2) is 22.0 Å². The van der Waals surface area contributed by atoms with Crippen molar-refractivity contribution in [3.05, 3.63) is 83.0 Å². The molecule has 0 N–H and O–H groups in total. The van der Waals surface area contributed by atoms with Gasteiger partial charge in [-0.2, -0.15) is 0 Å². The van der Waals surface area contributed by atoms with Crippen molar-refractivity contribution in [1.29, 1.82) is 0 Å². The number of fused-ring (bicyclic) bond motifs is 1. The van der Waals surface area contributed by atoms with E-state index in [0.29, 0.717) is 61.0 Å². The Kier molecular flexibility index (Phi) is 8.26. The number of ether oxygens (including phenoxy) is 4. The summed E-state index contributed by atoms with van der Waals surface area (Å²) in [5.41, 5.74) is 1.13. The first-order valence-corrected chi connectivity index (χ1v) is 12.9. The van der Waals surface area contributed by atoms with E-state index < -0.39 is 12.0 Å². The molecule has 37 heavy (non-hydrogen) atoms. The lowest BCUT2D eigenvalue weighted by Gasteiger charge is -2.23. The second kappa shape index (κ2) is 11.4. The fourth-order valence-electron chi connectivity index (χ4n) is 4.00. The summed E-state index contributed by atoms with van der Waals surface area (Å²) in [5, 5.41) is 0.635. The molecule has 2 aromatic carbocycles. The van der Waals surface area contributed by atoms with Gasteiger partial charge in [0.1, 0.15) is 0 Å². The molecule has 1 atom stereocenters. The van der Waals surface area contributed by atoms with Gasteiger partial charge in [0.2, 0.25) is 0 Å². The van der Waals surface area contributed by atoms with E-state index in [4.69, 9.17) is 42.1 Å². The van der Waals surface area contributed by atoms with E-state index in [9.17, 15) is 9.59 Å². The van der Waals surface area contributed by atoms with Gasteiger partial charge in [-0.25, -0.2) is 9.79 Å². The first-order chi connectivity index (χ1) is 17.8. The summed E-state index contributed by atoms with van der Waals surface area (Å²) in [7, 11) is 2.76. The largest absolute Gasteiger partial charge is 0.494 e. The highest BCUT2D eigenvalue weighted by molar-refractivity contribution is 7.07. The second-order valence-electron chi connectivity index (χ2n) is 7.77. The van der Waals surface area contributed by atoms with Crippen LogP contribution in [0.25, 0.3) is 6.08 Å². The smallest absolute Gasteiger partial charge is 0.337 e. The summed E-state index contributed by atoms with van der Waals surface area (Å²) < 4.78 is 23.5. The van der Waals surface area contributed by atoms with Crippen molar-refractivity contribution in [3.63, 3.8) is 0 Å². The number of methoxy groups -OCH3 is 2. The van der Waals surface area contributed by atoms with E-state index in [1.807, 2.05) is 13.8 Å². The van der Waals surface area contributed by atoms with Gasteiger partial charge >= 0.3 is 5.97 Å². The van der Waals surface area contributed by atoms with Crippen LogP contribution in [0.2, 0.25) is 10.0 Å². The Balaban J connectivity index is 1.90. The third kappa shape index (κ3) is 5.25. The maximum atomic E-state index is 13.7. The van der Waals surface area contributed by atoms with E-state index >= 15 is 0 Å². The van der Waals surface area contributed by atoms with Crippen LogP contribution >= 0.6 is 34.5 Å². The summed E-state index contributed by atoms with van der Waals surface area (Å²) in [6.07, 6.45) is 3.10. The maximum Gasteiger partial charge on any atom is 0.337 e.